The number of carbonyl (C=O) groups excluding carboxylic acids is 1. The van der Waals surface area contributed by atoms with Crippen LogP contribution in [0.15, 0.2) is 73.1 Å². The van der Waals surface area contributed by atoms with Crippen LogP contribution in [0.25, 0.3) is 22.5 Å². The van der Waals surface area contributed by atoms with E-state index in [1.807, 2.05) is 36.4 Å². The predicted octanol–water partition coefficient (Wildman–Crippen LogP) is 4.63. The smallest absolute Gasteiger partial charge is 0.323 e. The zero-order valence-corrected chi connectivity index (χ0v) is 19.3. The van der Waals surface area contributed by atoms with Crippen molar-refractivity contribution in [3.8, 4) is 28.3 Å². The minimum Gasteiger partial charge on any atom is -0.497 e. The van der Waals surface area contributed by atoms with Gasteiger partial charge in [-0.2, -0.15) is 0 Å². The van der Waals surface area contributed by atoms with Crippen LogP contribution in [0.4, 0.5) is 22.1 Å². The molecule has 5 rings (SSSR count). The number of benzene rings is 2. The van der Waals surface area contributed by atoms with E-state index in [1.165, 1.54) is 0 Å². The van der Waals surface area contributed by atoms with Gasteiger partial charge in [0.1, 0.15) is 5.75 Å². The zero-order chi connectivity index (χ0) is 24.0. The number of aromatic nitrogens is 3. The summed E-state index contributed by atoms with van der Waals surface area (Å²) in [5.74, 6) is 1.52. The van der Waals surface area contributed by atoms with Gasteiger partial charge in [0.05, 0.1) is 31.7 Å². The highest BCUT2D eigenvalue weighted by molar-refractivity contribution is 6.00. The van der Waals surface area contributed by atoms with Crippen LogP contribution >= 0.6 is 0 Å². The molecule has 4 aromatic rings. The van der Waals surface area contributed by atoms with Crippen molar-refractivity contribution in [2.45, 2.75) is 0 Å². The molecule has 0 radical (unpaired) electrons. The quantitative estimate of drug-likeness (QED) is 0.380. The fourth-order valence-electron chi connectivity index (χ4n) is 3.93. The number of nitrogens with zero attached hydrogens (tertiary/aromatic N) is 3. The van der Waals surface area contributed by atoms with Gasteiger partial charge in [0.15, 0.2) is 0 Å². The summed E-state index contributed by atoms with van der Waals surface area (Å²) in [5.41, 5.74) is 4.89. The molecule has 3 N–H and O–H groups in total. The minimum absolute atomic E-state index is 0.335. The van der Waals surface area contributed by atoms with Crippen molar-refractivity contribution in [1.29, 1.82) is 0 Å². The SMILES string of the molecule is COc1ccc(NC(=O)Nc2cccc(-c3nc(N4CCOCC4)[nH]c3-c3ccncc3)c2)cc1. The fourth-order valence-corrected chi connectivity index (χ4v) is 3.93. The summed E-state index contributed by atoms with van der Waals surface area (Å²) in [5, 5.41) is 5.73. The number of pyridine rings is 1. The van der Waals surface area contributed by atoms with Gasteiger partial charge in [0.25, 0.3) is 0 Å². The molecule has 2 aromatic heterocycles. The number of hydrogen-bond acceptors (Lipinski definition) is 6. The number of anilines is 3. The van der Waals surface area contributed by atoms with Crippen molar-refractivity contribution in [2.24, 2.45) is 0 Å². The maximum Gasteiger partial charge on any atom is 0.323 e. The van der Waals surface area contributed by atoms with Gasteiger partial charge in [0, 0.05) is 48.0 Å². The third-order valence-electron chi connectivity index (χ3n) is 5.71. The van der Waals surface area contributed by atoms with E-state index in [4.69, 9.17) is 14.5 Å². The number of nitrogens with one attached hydrogen (secondary N) is 3. The molecule has 0 saturated carbocycles. The van der Waals surface area contributed by atoms with Gasteiger partial charge in [-0.3, -0.25) is 4.98 Å². The van der Waals surface area contributed by atoms with Gasteiger partial charge in [-0.1, -0.05) is 12.1 Å². The summed E-state index contributed by atoms with van der Waals surface area (Å²) in [6.45, 7) is 2.89. The Morgan fingerprint density at radius 2 is 1.71 bits per heavy atom. The highest BCUT2D eigenvalue weighted by Gasteiger charge is 2.20. The summed E-state index contributed by atoms with van der Waals surface area (Å²) >= 11 is 0. The van der Waals surface area contributed by atoms with Crippen molar-refractivity contribution in [2.75, 3.05) is 48.9 Å². The molecule has 9 nitrogen and oxygen atoms in total. The number of aromatic amines is 1. The van der Waals surface area contributed by atoms with Crippen LogP contribution in [0.2, 0.25) is 0 Å². The van der Waals surface area contributed by atoms with E-state index in [-0.39, 0.29) is 6.03 Å². The van der Waals surface area contributed by atoms with Gasteiger partial charge in [-0.15, -0.1) is 0 Å². The zero-order valence-electron chi connectivity index (χ0n) is 19.3. The van der Waals surface area contributed by atoms with Crippen LogP contribution in [-0.2, 0) is 4.74 Å². The number of amides is 2. The van der Waals surface area contributed by atoms with E-state index >= 15 is 0 Å². The second-order valence-corrected chi connectivity index (χ2v) is 8.01. The van der Waals surface area contributed by atoms with Crippen LogP contribution in [0.3, 0.4) is 0 Å². The molecule has 1 aliphatic rings. The third-order valence-corrected chi connectivity index (χ3v) is 5.71. The first-order valence-electron chi connectivity index (χ1n) is 11.4. The Hall–Kier alpha value is -4.37. The number of H-pyrrole nitrogens is 1. The molecule has 0 unspecified atom stereocenters. The van der Waals surface area contributed by atoms with E-state index in [0.29, 0.717) is 24.6 Å². The lowest BCUT2D eigenvalue weighted by molar-refractivity contribution is 0.122. The maximum atomic E-state index is 12.6. The Labute approximate surface area is 203 Å². The second-order valence-electron chi connectivity index (χ2n) is 8.01. The average Bonchev–Trinajstić information content (AvgIpc) is 3.36. The van der Waals surface area contributed by atoms with Crippen LogP contribution in [0, 0.1) is 0 Å². The van der Waals surface area contributed by atoms with E-state index in [1.54, 1.807) is 43.8 Å². The Morgan fingerprint density at radius 3 is 2.46 bits per heavy atom. The van der Waals surface area contributed by atoms with Gasteiger partial charge < -0.3 is 30.0 Å². The summed E-state index contributed by atoms with van der Waals surface area (Å²) in [6.07, 6.45) is 3.52. The number of imidazole rings is 1. The van der Waals surface area contributed by atoms with Crippen LogP contribution in [-0.4, -0.2) is 54.4 Å². The molecule has 1 aliphatic heterocycles. The van der Waals surface area contributed by atoms with Crippen molar-refractivity contribution in [3.63, 3.8) is 0 Å². The van der Waals surface area contributed by atoms with E-state index in [9.17, 15) is 4.79 Å². The van der Waals surface area contributed by atoms with E-state index in [2.05, 4.69) is 25.5 Å². The third kappa shape index (κ3) is 5.25. The molecular formula is C26H26N6O3. The van der Waals surface area contributed by atoms with Crippen molar-refractivity contribution in [1.82, 2.24) is 15.0 Å². The number of carbonyl (C=O) groups is 1. The van der Waals surface area contributed by atoms with E-state index < -0.39 is 0 Å². The molecule has 0 bridgehead atoms. The summed E-state index contributed by atoms with van der Waals surface area (Å²) in [7, 11) is 1.60. The minimum atomic E-state index is -0.335. The maximum absolute atomic E-state index is 12.6. The first-order valence-corrected chi connectivity index (χ1v) is 11.4. The van der Waals surface area contributed by atoms with Crippen molar-refractivity contribution >= 4 is 23.4 Å². The normalized spacial score (nSPS) is 13.3. The molecule has 3 heterocycles. The van der Waals surface area contributed by atoms with Crippen LogP contribution in [0.1, 0.15) is 0 Å². The standard InChI is InChI=1S/C26H26N6O3/c1-34-22-7-5-20(6-8-22)28-26(33)29-21-4-2-3-19(17-21)24-23(18-9-11-27-12-10-18)30-25(31-24)32-13-15-35-16-14-32/h2-12,17H,13-16H2,1H3,(H,30,31)(H2,28,29,33). The van der Waals surface area contributed by atoms with Gasteiger partial charge >= 0.3 is 6.03 Å². The Balaban J connectivity index is 1.40. The van der Waals surface area contributed by atoms with Gasteiger partial charge in [0.2, 0.25) is 5.95 Å². The molecule has 35 heavy (non-hydrogen) atoms. The van der Waals surface area contributed by atoms with Crippen LogP contribution in [0.5, 0.6) is 5.75 Å². The summed E-state index contributed by atoms with van der Waals surface area (Å²) < 4.78 is 10.6. The molecule has 9 heteroatoms. The lowest BCUT2D eigenvalue weighted by Crippen LogP contribution is -2.36. The van der Waals surface area contributed by atoms with Crippen LogP contribution < -0.4 is 20.3 Å². The van der Waals surface area contributed by atoms with E-state index in [0.717, 1.165) is 47.3 Å². The number of methoxy groups -OCH3 is 1. The molecule has 0 atom stereocenters. The monoisotopic (exact) mass is 470 g/mol. The Morgan fingerprint density at radius 1 is 0.971 bits per heavy atom. The number of ether oxygens (including phenoxy) is 2. The number of rotatable bonds is 6. The molecule has 0 aliphatic carbocycles. The summed E-state index contributed by atoms with van der Waals surface area (Å²) in [4.78, 5) is 27.3. The molecule has 0 spiro atoms. The molecule has 1 saturated heterocycles. The molecular weight excluding hydrogens is 444 g/mol. The van der Waals surface area contributed by atoms with Gasteiger partial charge in [-0.25, -0.2) is 9.78 Å². The molecule has 1 fully saturated rings. The Bertz CT molecular complexity index is 1280. The number of hydrogen-bond donors (Lipinski definition) is 3. The lowest BCUT2D eigenvalue weighted by Gasteiger charge is -2.26. The van der Waals surface area contributed by atoms with Crippen molar-refractivity contribution in [3.05, 3.63) is 73.1 Å². The van der Waals surface area contributed by atoms with Crippen molar-refractivity contribution < 1.29 is 14.3 Å². The fraction of sp³-hybridized carbons (Fsp3) is 0.192. The second kappa shape index (κ2) is 10.3. The molecule has 178 valence electrons. The Kier molecular flexibility index (Phi) is 6.58. The number of urea groups is 1. The molecule has 2 amide bonds. The number of morpholine rings is 1. The average molecular weight is 471 g/mol. The van der Waals surface area contributed by atoms with Gasteiger partial charge in [-0.05, 0) is 48.5 Å². The topological polar surface area (TPSA) is 104 Å². The molecule has 2 aromatic carbocycles. The highest BCUT2D eigenvalue weighted by atomic mass is 16.5. The first kappa shape index (κ1) is 22.4. The first-order chi connectivity index (χ1) is 17.2. The lowest BCUT2D eigenvalue weighted by atomic mass is 10.1. The largest absolute Gasteiger partial charge is 0.497 e. The predicted molar refractivity (Wildman–Crippen MR) is 136 cm³/mol. The summed E-state index contributed by atoms with van der Waals surface area (Å²) in [6, 6.07) is 18.4. The highest BCUT2D eigenvalue weighted by Crippen LogP contribution is 2.33.